The first kappa shape index (κ1) is 17.1. The summed E-state index contributed by atoms with van der Waals surface area (Å²) in [6, 6.07) is 4.90. The van der Waals surface area contributed by atoms with Crippen LogP contribution in [0.1, 0.15) is 13.8 Å². The number of rotatable bonds is 5. The van der Waals surface area contributed by atoms with E-state index >= 15 is 0 Å². The van der Waals surface area contributed by atoms with E-state index in [-0.39, 0.29) is 23.5 Å². The molecule has 0 saturated carbocycles. The minimum Gasteiger partial charge on any atom is -0.382 e. The fourth-order valence-electron chi connectivity index (χ4n) is 1.41. The van der Waals surface area contributed by atoms with Gasteiger partial charge in [-0.15, -0.1) is 11.6 Å². The Morgan fingerprint density at radius 3 is 2.30 bits per heavy atom. The molecule has 1 atom stereocenters. The van der Waals surface area contributed by atoms with Crippen LogP contribution in [0.3, 0.4) is 0 Å². The van der Waals surface area contributed by atoms with Crippen LogP contribution < -0.4 is 5.32 Å². The first-order valence-corrected chi connectivity index (χ1v) is 7.77. The summed E-state index contributed by atoms with van der Waals surface area (Å²) in [5.74, 6) is 0.107. The van der Waals surface area contributed by atoms with Crippen LogP contribution in [0.2, 0.25) is 0 Å². The van der Waals surface area contributed by atoms with Crippen LogP contribution in [0.4, 0.5) is 18.9 Å². The molecule has 1 aromatic carbocycles. The quantitative estimate of drug-likeness (QED) is 0.839. The predicted molar refractivity (Wildman–Crippen MR) is 72.7 cm³/mol. The SMILES string of the molecule is CC(C)C(Cl)CNc1ccccc1S(=O)(=O)C(F)(F)F. The van der Waals surface area contributed by atoms with E-state index in [1.54, 1.807) is 0 Å². The van der Waals surface area contributed by atoms with E-state index in [0.29, 0.717) is 0 Å². The van der Waals surface area contributed by atoms with Crippen LogP contribution in [-0.2, 0) is 9.84 Å². The van der Waals surface area contributed by atoms with E-state index in [9.17, 15) is 21.6 Å². The van der Waals surface area contributed by atoms with Gasteiger partial charge in [0.25, 0.3) is 9.84 Å². The molecule has 1 unspecified atom stereocenters. The van der Waals surface area contributed by atoms with Crippen LogP contribution in [-0.4, -0.2) is 25.8 Å². The third kappa shape index (κ3) is 3.79. The molecule has 0 saturated heterocycles. The predicted octanol–water partition coefficient (Wildman–Crippen LogP) is 3.66. The molecule has 3 nitrogen and oxygen atoms in total. The highest BCUT2D eigenvalue weighted by Crippen LogP contribution is 2.34. The van der Waals surface area contributed by atoms with Gasteiger partial charge >= 0.3 is 5.51 Å². The Labute approximate surface area is 121 Å². The summed E-state index contributed by atoms with van der Waals surface area (Å²) in [5.41, 5.74) is -5.43. The van der Waals surface area contributed by atoms with Crippen molar-refractivity contribution in [3.05, 3.63) is 24.3 Å². The maximum atomic E-state index is 12.6. The first-order chi connectivity index (χ1) is 9.07. The van der Waals surface area contributed by atoms with Crippen molar-refractivity contribution < 1.29 is 21.6 Å². The zero-order valence-electron chi connectivity index (χ0n) is 10.9. The summed E-state index contributed by atoms with van der Waals surface area (Å²) >= 11 is 5.99. The van der Waals surface area contributed by atoms with Gasteiger partial charge in [0.15, 0.2) is 0 Å². The number of para-hydroxylation sites is 1. The summed E-state index contributed by atoms with van der Waals surface area (Å²) in [5, 5.41) is 2.34. The Kier molecular flexibility index (Phi) is 5.32. The van der Waals surface area contributed by atoms with Gasteiger partial charge < -0.3 is 5.32 Å². The monoisotopic (exact) mass is 329 g/mol. The molecule has 0 spiro atoms. The minimum absolute atomic E-state index is 0.101. The van der Waals surface area contributed by atoms with Gasteiger partial charge in [-0.1, -0.05) is 26.0 Å². The van der Waals surface area contributed by atoms with Crippen LogP contribution in [0.25, 0.3) is 0 Å². The Balaban J connectivity index is 3.07. The largest absolute Gasteiger partial charge is 0.501 e. The van der Waals surface area contributed by atoms with Crippen molar-refractivity contribution in [1.29, 1.82) is 0 Å². The molecule has 114 valence electrons. The summed E-state index contributed by atoms with van der Waals surface area (Å²) in [6.07, 6.45) is 0. The second-order valence-corrected chi connectivity index (χ2v) is 7.06. The zero-order chi connectivity index (χ0) is 15.6. The van der Waals surface area contributed by atoms with Crippen molar-refractivity contribution >= 4 is 27.1 Å². The fourth-order valence-corrected chi connectivity index (χ4v) is 2.43. The maximum absolute atomic E-state index is 12.6. The van der Waals surface area contributed by atoms with E-state index in [0.717, 1.165) is 6.07 Å². The molecule has 1 N–H and O–H groups in total. The summed E-state index contributed by atoms with van der Waals surface area (Å²) in [6.45, 7) is 3.89. The summed E-state index contributed by atoms with van der Waals surface area (Å²) < 4.78 is 60.7. The van der Waals surface area contributed by atoms with Gasteiger partial charge in [-0.05, 0) is 18.1 Å². The number of anilines is 1. The third-order valence-electron chi connectivity index (χ3n) is 2.69. The van der Waals surface area contributed by atoms with Crippen LogP contribution in [0.15, 0.2) is 29.2 Å². The Hall–Kier alpha value is -0.950. The smallest absolute Gasteiger partial charge is 0.382 e. The standard InChI is InChI=1S/C12H15ClF3NO2S/c1-8(2)9(13)7-17-10-5-3-4-6-11(10)20(18,19)12(14,15)16/h3-6,8-9,17H,7H2,1-2H3. The highest BCUT2D eigenvalue weighted by atomic mass is 35.5. The molecule has 0 aliphatic carbocycles. The summed E-state index contributed by atoms with van der Waals surface area (Å²) in [4.78, 5) is -0.792. The number of hydrogen-bond acceptors (Lipinski definition) is 3. The lowest BCUT2D eigenvalue weighted by molar-refractivity contribution is -0.0435. The van der Waals surface area contributed by atoms with Gasteiger partial charge in [0.2, 0.25) is 0 Å². The lowest BCUT2D eigenvalue weighted by Crippen LogP contribution is -2.25. The second-order valence-electron chi connectivity index (χ2n) is 4.59. The van der Waals surface area contributed by atoms with Crippen molar-refractivity contribution in [1.82, 2.24) is 0 Å². The van der Waals surface area contributed by atoms with E-state index in [2.05, 4.69) is 5.32 Å². The van der Waals surface area contributed by atoms with Crippen LogP contribution >= 0.6 is 11.6 Å². The van der Waals surface area contributed by atoms with E-state index in [1.807, 2.05) is 13.8 Å². The number of alkyl halides is 4. The van der Waals surface area contributed by atoms with E-state index < -0.39 is 20.2 Å². The molecule has 20 heavy (non-hydrogen) atoms. The molecule has 8 heteroatoms. The van der Waals surface area contributed by atoms with E-state index in [4.69, 9.17) is 11.6 Å². The Morgan fingerprint density at radius 2 is 1.80 bits per heavy atom. The van der Waals surface area contributed by atoms with Crippen molar-refractivity contribution in [3.8, 4) is 0 Å². The van der Waals surface area contributed by atoms with Crippen LogP contribution in [0, 0.1) is 5.92 Å². The first-order valence-electron chi connectivity index (χ1n) is 5.85. The second kappa shape index (κ2) is 6.22. The van der Waals surface area contributed by atoms with Crippen molar-refractivity contribution in [2.75, 3.05) is 11.9 Å². The topological polar surface area (TPSA) is 46.2 Å². The number of hydrogen-bond donors (Lipinski definition) is 1. The van der Waals surface area contributed by atoms with Gasteiger partial charge in [0, 0.05) is 6.54 Å². The van der Waals surface area contributed by atoms with Gasteiger partial charge in [0.1, 0.15) is 0 Å². The molecule has 0 heterocycles. The molecule has 0 bridgehead atoms. The normalized spacial score (nSPS) is 14.3. The molecule has 1 aromatic rings. The molecule has 0 aliphatic heterocycles. The average molecular weight is 330 g/mol. The molecule has 0 aliphatic rings. The number of sulfone groups is 1. The minimum atomic E-state index is -5.38. The fraction of sp³-hybridized carbons (Fsp3) is 0.500. The molecule has 0 amide bonds. The molecular formula is C12H15ClF3NO2S. The van der Waals surface area contributed by atoms with Gasteiger partial charge in [0.05, 0.1) is 16.0 Å². The zero-order valence-corrected chi connectivity index (χ0v) is 12.5. The highest BCUT2D eigenvalue weighted by molar-refractivity contribution is 7.92. The number of halogens is 4. The molecule has 0 radical (unpaired) electrons. The summed E-state index contributed by atoms with van der Waals surface area (Å²) in [7, 11) is -5.38. The third-order valence-corrected chi connectivity index (χ3v) is 4.89. The van der Waals surface area contributed by atoms with Crippen molar-refractivity contribution in [2.24, 2.45) is 5.92 Å². The Morgan fingerprint density at radius 1 is 1.25 bits per heavy atom. The number of nitrogens with one attached hydrogen (secondary N) is 1. The molecule has 1 rings (SSSR count). The Bertz CT molecular complexity index is 558. The highest BCUT2D eigenvalue weighted by Gasteiger charge is 2.47. The average Bonchev–Trinajstić information content (AvgIpc) is 2.34. The molecule has 0 aromatic heterocycles. The van der Waals surface area contributed by atoms with Gasteiger partial charge in [-0.3, -0.25) is 0 Å². The van der Waals surface area contributed by atoms with Gasteiger partial charge in [-0.2, -0.15) is 13.2 Å². The van der Waals surface area contributed by atoms with Gasteiger partial charge in [-0.25, -0.2) is 8.42 Å². The molecular weight excluding hydrogens is 315 g/mol. The van der Waals surface area contributed by atoms with Crippen molar-refractivity contribution in [3.63, 3.8) is 0 Å². The number of benzene rings is 1. The van der Waals surface area contributed by atoms with E-state index in [1.165, 1.54) is 18.2 Å². The maximum Gasteiger partial charge on any atom is 0.501 e. The van der Waals surface area contributed by atoms with Crippen molar-refractivity contribution in [2.45, 2.75) is 29.6 Å². The molecule has 0 fully saturated rings. The lowest BCUT2D eigenvalue weighted by Gasteiger charge is -2.17. The lowest BCUT2D eigenvalue weighted by atomic mass is 10.1. The van der Waals surface area contributed by atoms with Crippen LogP contribution in [0.5, 0.6) is 0 Å².